The summed E-state index contributed by atoms with van der Waals surface area (Å²) in [5.74, 6) is -0.0641. The molecule has 6 heterocycles. The highest BCUT2D eigenvalue weighted by molar-refractivity contribution is 7.99. The molecule has 3 aliphatic heterocycles. The van der Waals surface area contributed by atoms with Gasteiger partial charge < -0.3 is 0 Å². The number of fused-ring (bicyclic) bond motifs is 3. The van der Waals surface area contributed by atoms with E-state index in [9.17, 15) is 25.8 Å². The lowest BCUT2D eigenvalue weighted by molar-refractivity contribution is 0.326. The maximum atomic E-state index is 14.1. The Hall–Kier alpha value is -6.21. The number of sulfone groups is 1. The fraction of sp³-hybridized carbons (Fsp3) is 0.308. The van der Waals surface area contributed by atoms with Crippen LogP contribution in [0.25, 0.3) is 0 Å². The third-order valence-corrected chi connectivity index (χ3v) is 12.6. The Labute approximate surface area is 348 Å². The Balaban J connectivity index is 0.000000136. The van der Waals surface area contributed by atoms with Crippen LogP contribution in [0.3, 0.4) is 0 Å². The normalized spacial score (nSPS) is 21.4. The van der Waals surface area contributed by atoms with Crippen LogP contribution in [-0.2, 0) is 20.6 Å². The molecule has 1 unspecified atom stereocenters. The van der Waals surface area contributed by atoms with E-state index < -0.39 is 50.1 Å². The van der Waals surface area contributed by atoms with Crippen LogP contribution in [0, 0.1) is 34.0 Å². The smallest absolute Gasteiger partial charge is 0.250 e. The maximum Gasteiger partial charge on any atom is 0.268 e. The van der Waals surface area contributed by atoms with Crippen LogP contribution in [-0.4, -0.2) is 74.2 Å². The molecule has 0 saturated carbocycles. The highest BCUT2D eigenvalue weighted by Gasteiger charge is 2.39. The van der Waals surface area contributed by atoms with Gasteiger partial charge in [-0.05, 0) is 16.7 Å². The number of alkyl halides is 3. The summed E-state index contributed by atoms with van der Waals surface area (Å²) in [5.41, 5.74) is 2.81. The van der Waals surface area contributed by atoms with Crippen molar-refractivity contribution in [1.82, 2.24) is 44.3 Å². The van der Waals surface area contributed by atoms with Gasteiger partial charge in [0.2, 0.25) is 20.2 Å². The molecule has 21 heteroatoms. The molecule has 306 valence electrons. The first-order chi connectivity index (χ1) is 29.0. The van der Waals surface area contributed by atoms with Crippen molar-refractivity contribution in [1.29, 1.82) is 15.8 Å². The average Bonchev–Trinajstić information content (AvgIpc) is 4.12. The van der Waals surface area contributed by atoms with Crippen LogP contribution >= 0.6 is 11.8 Å². The van der Waals surface area contributed by atoms with E-state index in [1.54, 1.807) is 16.8 Å². The van der Waals surface area contributed by atoms with Gasteiger partial charge in [0.1, 0.15) is 22.3 Å². The number of benzene rings is 3. The summed E-state index contributed by atoms with van der Waals surface area (Å²) in [6, 6.07) is 33.0. The van der Waals surface area contributed by atoms with Crippen molar-refractivity contribution in [3.8, 4) is 18.2 Å². The molecule has 6 aromatic rings. The molecule has 0 saturated heterocycles. The van der Waals surface area contributed by atoms with E-state index in [1.165, 1.54) is 21.1 Å². The molecule has 60 heavy (non-hydrogen) atoms. The molecule has 0 radical (unpaired) electrons. The van der Waals surface area contributed by atoms with Gasteiger partial charge in [-0.1, -0.05) is 103 Å². The fourth-order valence-corrected chi connectivity index (χ4v) is 8.86. The van der Waals surface area contributed by atoms with Gasteiger partial charge in [-0.3, -0.25) is 0 Å². The summed E-state index contributed by atoms with van der Waals surface area (Å²) < 4.78 is 81.9. The van der Waals surface area contributed by atoms with Crippen LogP contribution in [0.1, 0.15) is 90.1 Å². The fourth-order valence-electron chi connectivity index (χ4n) is 6.99. The lowest BCUT2D eigenvalue weighted by Crippen LogP contribution is -2.11. The number of halogens is 3. The molecule has 7 atom stereocenters. The van der Waals surface area contributed by atoms with Gasteiger partial charge in [0.25, 0.3) is 5.16 Å². The molecule has 0 aliphatic carbocycles. The van der Waals surface area contributed by atoms with E-state index in [-0.39, 0.29) is 59.3 Å². The number of nitriles is 3. The Morgan fingerprint density at radius 2 is 1.08 bits per heavy atom. The van der Waals surface area contributed by atoms with Crippen molar-refractivity contribution >= 4 is 32.4 Å². The zero-order valence-corrected chi connectivity index (χ0v) is 33.8. The number of hydrogen-bond acceptors (Lipinski definition) is 13. The van der Waals surface area contributed by atoms with E-state index in [1.807, 2.05) is 97.1 Å². The first-order valence-electron chi connectivity index (χ1n) is 18.3. The highest BCUT2D eigenvalue weighted by atomic mass is 32.2. The van der Waals surface area contributed by atoms with Crippen molar-refractivity contribution in [2.75, 3.05) is 17.3 Å². The van der Waals surface area contributed by atoms with E-state index in [0.29, 0.717) is 17.4 Å². The van der Waals surface area contributed by atoms with Crippen LogP contribution in [0.5, 0.6) is 0 Å². The van der Waals surface area contributed by atoms with Crippen LogP contribution < -0.4 is 0 Å². The molecular weight excluding hydrogens is 838 g/mol. The number of thioether (sulfide) groups is 1. The van der Waals surface area contributed by atoms with E-state index in [0.717, 1.165) is 16.7 Å². The summed E-state index contributed by atoms with van der Waals surface area (Å²) in [6.07, 6.45) is -2.84. The third kappa shape index (κ3) is 8.86. The van der Waals surface area contributed by atoms with Gasteiger partial charge in [0.05, 0.1) is 42.1 Å². The first kappa shape index (κ1) is 41.9. The Kier molecular flexibility index (Phi) is 12.8. The summed E-state index contributed by atoms with van der Waals surface area (Å²) in [6.45, 7) is 0. The van der Waals surface area contributed by atoms with E-state index >= 15 is 0 Å². The van der Waals surface area contributed by atoms with Crippen LogP contribution in [0.2, 0.25) is 0 Å². The second-order valence-corrected chi connectivity index (χ2v) is 17.7. The van der Waals surface area contributed by atoms with Gasteiger partial charge in [0, 0.05) is 19.3 Å². The average molecular weight is 871 g/mol. The van der Waals surface area contributed by atoms with Gasteiger partial charge >= 0.3 is 0 Å². The molecule has 0 fully saturated rings. The van der Waals surface area contributed by atoms with Crippen LogP contribution in [0.4, 0.5) is 13.2 Å². The van der Waals surface area contributed by atoms with Crippen molar-refractivity contribution in [3.05, 3.63) is 125 Å². The van der Waals surface area contributed by atoms with Crippen LogP contribution in [0.15, 0.2) is 106 Å². The summed E-state index contributed by atoms with van der Waals surface area (Å²) in [4.78, 5) is 11.9. The maximum absolute atomic E-state index is 14.1. The predicted molar refractivity (Wildman–Crippen MR) is 210 cm³/mol. The highest BCUT2D eigenvalue weighted by Crippen LogP contribution is 2.42. The standard InChI is InChI=1S/C13H11FN4O2S.C13H11FN4OS.C13H11FN4S/c14-10-8-11(9-4-2-1-3-5-9)18-12(10)16-13(17-18)21(19,20)7-6-15;14-10-8-11(9-4-2-1-3-5-9)18-12(10)16-13(17-18)20(19)7-6-15;14-10-8-11(9-4-2-1-3-5-9)18-12(10)16-13(17-18)19-7-6-15/h1-5,10-11H,7-8H2;1-5,10-11H,7-8H2;1-5,10-11H,7-8H2/t10-,11-;10-,11-,20?;10-,11-/m000/s1. The van der Waals surface area contributed by atoms with E-state index in [4.69, 9.17) is 15.8 Å². The molecule has 0 amide bonds. The molecule has 9 rings (SSSR count). The van der Waals surface area contributed by atoms with Gasteiger partial charge in [-0.25, -0.2) is 49.8 Å². The molecule has 0 bridgehead atoms. The predicted octanol–water partition coefficient (Wildman–Crippen LogP) is 6.39. The van der Waals surface area contributed by atoms with Gasteiger partial charge in [-0.2, -0.15) is 20.8 Å². The third-order valence-electron chi connectivity index (χ3n) is 9.68. The zero-order valence-electron chi connectivity index (χ0n) is 31.3. The number of nitrogens with zero attached hydrogens (tertiary/aromatic N) is 12. The van der Waals surface area contributed by atoms with E-state index in [2.05, 4.69) is 30.2 Å². The van der Waals surface area contributed by atoms with Crippen molar-refractivity contribution in [2.24, 2.45) is 0 Å². The molecular formula is C39H33F3N12O3S3. The second kappa shape index (κ2) is 18.4. The minimum atomic E-state index is -3.89. The lowest BCUT2D eigenvalue weighted by atomic mass is 10.0. The Bertz CT molecular complexity index is 2720. The number of aromatic nitrogens is 9. The second-order valence-electron chi connectivity index (χ2n) is 13.5. The lowest BCUT2D eigenvalue weighted by Gasteiger charge is -2.11. The Morgan fingerprint density at radius 1 is 0.633 bits per heavy atom. The van der Waals surface area contributed by atoms with Crippen molar-refractivity contribution in [2.45, 2.75) is 71.4 Å². The molecule has 0 spiro atoms. The molecule has 3 aliphatic rings. The van der Waals surface area contributed by atoms with Crippen molar-refractivity contribution in [3.63, 3.8) is 0 Å². The largest absolute Gasteiger partial charge is 0.268 e. The van der Waals surface area contributed by atoms with Gasteiger partial charge in [0.15, 0.2) is 36.0 Å². The minimum Gasteiger partial charge on any atom is -0.250 e. The quantitative estimate of drug-likeness (QED) is 0.144. The number of hydrogen-bond donors (Lipinski definition) is 0. The number of rotatable bonds is 9. The monoisotopic (exact) mass is 870 g/mol. The SMILES string of the molecule is N#CCS(=O)(=O)c1nc2n(n1)[C@H](c1ccccc1)C[C@@H]2F.N#CCS(=O)c1nc2n(n1)[C@H](c1ccccc1)C[C@@H]2F.N#CCSc1nc2n(n1)[C@H](c1ccccc1)C[C@@H]2F. The van der Waals surface area contributed by atoms with Crippen molar-refractivity contribution < 1.29 is 25.8 Å². The Morgan fingerprint density at radius 3 is 1.55 bits per heavy atom. The first-order valence-corrected chi connectivity index (χ1v) is 22.3. The molecule has 0 N–H and O–H groups in total. The molecule has 15 nitrogen and oxygen atoms in total. The molecule has 3 aromatic heterocycles. The summed E-state index contributed by atoms with van der Waals surface area (Å²) in [5, 5.41) is 38.0. The van der Waals surface area contributed by atoms with Gasteiger partial charge in [-0.15, -0.1) is 15.3 Å². The minimum absolute atomic E-state index is 0.000341. The zero-order chi connectivity index (χ0) is 42.4. The topological polar surface area (TPSA) is 215 Å². The summed E-state index contributed by atoms with van der Waals surface area (Å²) in [7, 11) is -5.49. The summed E-state index contributed by atoms with van der Waals surface area (Å²) >= 11 is 1.23. The molecule has 3 aromatic carbocycles.